The summed E-state index contributed by atoms with van der Waals surface area (Å²) in [5.74, 6) is 1.92. The lowest BCUT2D eigenvalue weighted by Gasteiger charge is -2.38. The standard InChI is InChI=1S/C13H22N6.HI/c1-14-12(15-8-11-16-10-17-18(11)2)19-7-6-13(9-19)4-3-5-13;/h10H,3-9H2,1-2H3,(H,14,15);1H. The van der Waals surface area contributed by atoms with Crippen LogP contribution < -0.4 is 5.32 Å². The Balaban J connectivity index is 0.00000147. The number of hydrogen-bond donors (Lipinski definition) is 1. The smallest absolute Gasteiger partial charge is 0.194 e. The first-order valence-corrected chi connectivity index (χ1v) is 7.01. The van der Waals surface area contributed by atoms with Crippen LogP contribution in [0.2, 0.25) is 0 Å². The average Bonchev–Trinajstić information content (AvgIpc) is 2.97. The Labute approximate surface area is 137 Å². The quantitative estimate of drug-likeness (QED) is 0.471. The first kappa shape index (κ1) is 15.5. The molecular weight excluding hydrogens is 367 g/mol. The van der Waals surface area contributed by atoms with Gasteiger partial charge in [0.15, 0.2) is 5.96 Å². The average molecular weight is 390 g/mol. The lowest BCUT2D eigenvalue weighted by molar-refractivity contribution is 0.151. The fraction of sp³-hybridized carbons (Fsp3) is 0.769. The van der Waals surface area contributed by atoms with Crippen molar-refractivity contribution in [3.05, 3.63) is 12.2 Å². The Morgan fingerprint density at radius 3 is 2.75 bits per heavy atom. The third kappa shape index (κ3) is 2.91. The Morgan fingerprint density at radius 2 is 2.25 bits per heavy atom. The molecule has 2 fully saturated rings. The van der Waals surface area contributed by atoms with Gasteiger partial charge in [0.25, 0.3) is 0 Å². The van der Waals surface area contributed by atoms with Gasteiger partial charge in [-0.2, -0.15) is 5.10 Å². The van der Waals surface area contributed by atoms with E-state index >= 15 is 0 Å². The van der Waals surface area contributed by atoms with Gasteiger partial charge in [0.1, 0.15) is 12.2 Å². The largest absolute Gasteiger partial charge is 0.349 e. The Kier molecular flexibility index (Phi) is 4.87. The molecular formula is C13H23IN6. The van der Waals surface area contributed by atoms with Gasteiger partial charge in [0.05, 0.1) is 6.54 Å². The molecule has 1 saturated heterocycles. The van der Waals surface area contributed by atoms with E-state index < -0.39 is 0 Å². The van der Waals surface area contributed by atoms with E-state index in [0.717, 1.165) is 24.9 Å². The van der Waals surface area contributed by atoms with Crippen molar-refractivity contribution in [3.8, 4) is 0 Å². The van der Waals surface area contributed by atoms with Crippen LogP contribution in [0.5, 0.6) is 0 Å². The maximum atomic E-state index is 4.40. The molecule has 2 heterocycles. The second-order valence-corrected chi connectivity index (χ2v) is 5.73. The van der Waals surface area contributed by atoms with E-state index in [9.17, 15) is 0 Å². The molecule has 0 amide bonds. The van der Waals surface area contributed by atoms with Gasteiger partial charge in [0, 0.05) is 27.2 Å². The lowest BCUT2D eigenvalue weighted by atomic mass is 9.68. The molecule has 1 aliphatic heterocycles. The number of hydrogen-bond acceptors (Lipinski definition) is 3. The molecule has 6 nitrogen and oxygen atoms in total. The van der Waals surface area contributed by atoms with Crippen LogP contribution in [-0.2, 0) is 13.6 Å². The zero-order valence-corrected chi connectivity index (χ0v) is 14.5. The summed E-state index contributed by atoms with van der Waals surface area (Å²) in [7, 11) is 3.76. The summed E-state index contributed by atoms with van der Waals surface area (Å²) >= 11 is 0. The number of likely N-dealkylation sites (tertiary alicyclic amines) is 1. The van der Waals surface area contributed by atoms with E-state index in [1.807, 2.05) is 14.1 Å². The van der Waals surface area contributed by atoms with Crippen molar-refractivity contribution in [1.29, 1.82) is 0 Å². The topological polar surface area (TPSA) is 58.3 Å². The van der Waals surface area contributed by atoms with Crippen LogP contribution in [0.25, 0.3) is 0 Å². The van der Waals surface area contributed by atoms with Gasteiger partial charge in [-0.3, -0.25) is 9.67 Å². The number of nitrogens with zero attached hydrogens (tertiary/aromatic N) is 5. The van der Waals surface area contributed by atoms with Crippen molar-refractivity contribution >= 4 is 29.9 Å². The zero-order valence-electron chi connectivity index (χ0n) is 12.2. The number of nitrogens with one attached hydrogen (secondary N) is 1. The fourth-order valence-corrected chi connectivity index (χ4v) is 3.17. The normalized spacial score (nSPS) is 20.7. The van der Waals surface area contributed by atoms with Gasteiger partial charge in [0.2, 0.25) is 0 Å². The van der Waals surface area contributed by atoms with Crippen LogP contribution in [0, 0.1) is 5.41 Å². The molecule has 1 saturated carbocycles. The number of halogens is 1. The van der Waals surface area contributed by atoms with Crippen LogP contribution in [0.15, 0.2) is 11.3 Å². The summed E-state index contributed by atoms with van der Waals surface area (Å²) in [6.45, 7) is 2.96. The summed E-state index contributed by atoms with van der Waals surface area (Å²) in [5, 5.41) is 7.47. The molecule has 0 unspecified atom stereocenters. The van der Waals surface area contributed by atoms with Crippen LogP contribution in [0.3, 0.4) is 0 Å². The molecule has 7 heteroatoms. The van der Waals surface area contributed by atoms with Gasteiger partial charge in [-0.05, 0) is 24.7 Å². The van der Waals surface area contributed by atoms with Gasteiger partial charge in [-0.15, -0.1) is 24.0 Å². The van der Waals surface area contributed by atoms with Crippen LogP contribution in [-0.4, -0.2) is 45.8 Å². The molecule has 20 heavy (non-hydrogen) atoms. The summed E-state index contributed by atoms with van der Waals surface area (Å²) < 4.78 is 1.79. The third-order valence-electron chi connectivity index (χ3n) is 4.57. The number of aryl methyl sites for hydroxylation is 1. The maximum absolute atomic E-state index is 4.40. The van der Waals surface area contributed by atoms with Gasteiger partial charge in [-0.1, -0.05) is 6.42 Å². The molecule has 3 rings (SSSR count). The lowest BCUT2D eigenvalue weighted by Crippen LogP contribution is -2.42. The van der Waals surface area contributed by atoms with Crippen LogP contribution >= 0.6 is 24.0 Å². The molecule has 0 radical (unpaired) electrons. The Bertz CT molecular complexity index is 479. The predicted molar refractivity (Wildman–Crippen MR) is 89.1 cm³/mol. The summed E-state index contributed by atoms with van der Waals surface area (Å²) in [6.07, 6.45) is 7.09. The van der Waals surface area contributed by atoms with E-state index in [-0.39, 0.29) is 24.0 Å². The number of aromatic nitrogens is 3. The highest BCUT2D eigenvalue weighted by atomic mass is 127. The first-order chi connectivity index (χ1) is 9.22. The van der Waals surface area contributed by atoms with Crippen molar-refractivity contribution in [1.82, 2.24) is 25.0 Å². The maximum Gasteiger partial charge on any atom is 0.194 e. The van der Waals surface area contributed by atoms with Crippen molar-refractivity contribution < 1.29 is 0 Å². The third-order valence-corrected chi connectivity index (χ3v) is 4.57. The minimum absolute atomic E-state index is 0. The molecule has 0 bridgehead atoms. The van der Waals surface area contributed by atoms with E-state index in [0.29, 0.717) is 12.0 Å². The summed E-state index contributed by atoms with van der Waals surface area (Å²) in [4.78, 5) is 11.0. The summed E-state index contributed by atoms with van der Waals surface area (Å²) in [5.41, 5.74) is 0.600. The molecule has 1 aliphatic carbocycles. The summed E-state index contributed by atoms with van der Waals surface area (Å²) in [6, 6.07) is 0. The van der Waals surface area contributed by atoms with E-state index in [1.54, 1.807) is 11.0 Å². The van der Waals surface area contributed by atoms with E-state index in [4.69, 9.17) is 0 Å². The monoisotopic (exact) mass is 390 g/mol. The molecule has 1 spiro atoms. The Hall–Kier alpha value is -0.860. The zero-order chi connectivity index (χ0) is 13.3. The Morgan fingerprint density at radius 1 is 1.45 bits per heavy atom. The minimum Gasteiger partial charge on any atom is -0.349 e. The molecule has 0 atom stereocenters. The molecule has 112 valence electrons. The first-order valence-electron chi connectivity index (χ1n) is 7.01. The SMILES string of the molecule is CN=C(NCc1ncnn1C)N1CCC2(CCC2)C1.I. The molecule has 1 aromatic rings. The van der Waals surface area contributed by atoms with Crippen molar-refractivity contribution in [2.75, 3.05) is 20.1 Å². The molecule has 1 aromatic heterocycles. The molecule has 2 aliphatic rings. The van der Waals surface area contributed by atoms with Crippen molar-refractivity contribution in [2.24, 2.45) is 17.5 Å². The van der Waals surface area contributed by atoms with Crippen molar-refractivity contribution in [2.45, 2.75) is 32.2 Å². The fourth-order valence-electron chi connectivity index (χ4n) is 3.17. The highest BCUT2D eigenvalue weighted by molar-refractivity contribution is 14.0. The van der Waals surface area contributed by atoms with Crippen LogP contribution in [0.1, 0.15) is 31.5 Å². The van der Waals surface area contributed by atoms with E-state index in [1.165, 1.54) is 25.7 Å². The highest BCUT2D eigenvalue weighted by Crippen LogP contribution is 2.47. The van der Waals surface area contributed by atoms with E-state index in [2.05, 4.69) is 25.3 Å². The minimum atomic E-state index is 0. The molecule has 1 N–H and O–H groups in total. The number of aliphatic imine (C=N–C) groups is 1. The number of rotatable bonds is 2. The highest BCUT2D eigenvalue weighted by Gasteiger charge is 2.43. The second kappa shape index (κ2) is 6.28. The number of guanidine groups is 1. The van der Waals surface area contributed by atoms with Gasteiger partial charge < -0.3 is 10.2 Å². The predicted octanol–water partition coefficient (Wildman–Crippen LogP) is 1.38. The molecule has 0 aromatic carbocycles. The second-order valence-electron chi connectivity index (χ2n) is 5.73. The van der Waals surface area contributed by atoms with Gasteiger partial charge in [-0.25, -0.2) is 4.98 Å². The van der Waals surface area contributed by atoms with Crippen LogP contribution in [0.4, 0.5) is 0 Å². The van der Waals surface area contributed by atoms with Crippen molar-refractivity contribution in [3.63, 3.8) is 0 Å². The van der Waals surface area contributed by atoms with Gasteiger partial charge >= 0.3 is 0 Å².